The van der Waals surface area contributed by atoms with Crippen LogP contribution >= 0.6 is 0 Å². The first-order chi connectivity index (χ1) is 8.08. The maximum atomic E-state index is 11.4. The van der Waals surface area contributed by atoms with Gasteiger partial charge in [0.25, 0.3) is 0 Å². The van der Waals surface area contributed by atoms with Crippen molar-refractivity contribution < 1.29 is 14.6 Å². The summed E-state index contributed by atoms with van der Waals surface area (Å²) in [4.78, 5) is 12.8. The Morgan fingerprint density at radius 2 is 2.47 bits per heavy atom. The maximum Gasteiger partial charge on any atom is 0.412 e. The highest BCUT2D eigenvalue weighted by Crippen LogP contribution is 2.24. The summed E-state index contributed by atoms with van der Waals surface area (Å²) in [5.74, 6) is 0. The van der Waals surface area contributed by atoms with E-state index >= 15 is 0 Å². The summed E-state index contributed by atoms with van der Waals surface area (Å²) in [6, 6.07) is -0.0274. The van der Waals surface area contributed by atoms with E-state index in [1.54, 1.807) is 24.1 Å². The third kappa shape index (κ3) is 2.58. The molecule has 17 heavy (non-hydrogen) atoms. The molecule has 1 aliphatic heterocycles. The molecule has 2 atom stereocenters. The topological polar surface area (TPSA) is 67.6 Å². The number of ether oxygens (including phenoxy) is 1. The number of aryl methyl sites for hydroxylation is 1. The molecular weight excluding hydrogens is 222 g/mol. The zero-order valence-corrected chi connectivity index (χ0v) is 10.0. The summed E-state index contributed by atoms with van der Waals surface area (Å²) in [6.07, 6.45) is 3.92. The standard InChI is InChI=1S/C11H17N3O3/c1-8-5-9(3-4-17-8)14(11(15)16)10-6-12-13(2)7-10/h6-9H,3-5H2,1-2H3,(H,15,16)/t8-,9+/m1/s1. The molecule has 1 fully saturated rings. The quantitative estimate of drug-likeness (QED) is 0.848. The molecule has 1 aromatic rings. The first kappa shape index (κ1) is 11.9. The number of anilines is 1. The number of hydrogen-bond acceptors (Lipinski definition) is 3. The van der Waals surface area contributed by atoms with Crippen LogP contribution in [0.4, 0.5) is 10.5 Å². The van der Waals surface area contributed by atoms with Crippen LogP contribution in [0.5, 0.6) is 0 Å². The number of amides is 1. The van der Waals surface area contributed by atoms with E-state index in [1.807, 2.05) is 6.92 Å². The molecule has 0 aromatic carbocycles. The zero-order chi connectivity index (χ0) is 12.4. The Hall–Kier alpha value is -1.56. The van der Waals surface area contributed by atoms with Gasteiger partial charge in [-0.15, -0.1) is 0 Å². The van der Waals surface area contributed by atoms with Gasteiger partial charge >= 0.3 is 6.09 Å². The Balaban J connectivity index is 2.20. The van der Waals surface area contributed by atoms with Crippen molar-refractivity contribution in [3.8, 4) is 0 Å². The average molecular weight is 239 g/mol. The van der Waals surface area contributed by atoms with Crippen LogP contribution in [-0.2, 0) is 11.8 Å². The van der Waals surface area contributed by atoms with Gasteiger partial charge in [-0.3, -0.25) is 9.58 Å². The lowest BCUT2D eigenvalue weighted by atomic mass is 10.0. The van der Waals surface area contributed by atoms with Crippen LogP contribution in [0, 0.1) is 0 Å². The number of carboxylic acid groups (broad SMARTS) is 1. The van der Waals surface area contributed by atoms with Crippen molar-refractivity contribution in [3.63, 3.8) is 0 Å². The molecule has 0 bridgehead atoms. The van der Waals surface area contributed by atoms with Crippen molar-refractivity contribution in [2.75, 3.05) is 11.5 Å². The number of carbonyl (C=O) groups is 1. The summed E-state index contributed by atoms with van der Waals surface area (Å²) in [6.45, 7) is 2.57. The number of hydrogen-bond donors (Lipinski definition) is 1. The summed E-state index contributed by atoms with van der Waals surface area (Å²) in [5.41, 5.74) is 0.624. The fourth-order valence-electron chi connectivity index (χ4n) is 2.22. The molecule has 2 rings (SSSR count). The zero-order valence-electron chi connectivity index (χ0n) is 10.0. The molecule has 6 nitrogen and oxygen atoms in total. The first-order valence-corrected chi connectivity index (χ1v) is 5.70. The van der Waals surface area contributed by atoms with Crippen LogP contribution in [-0.4, -0.2) is 39.7 Å². The second-order valence-electron chi connectivity index (χ2n) is 4.38. The van der Waals surface area contributed by atoms with Gasteiger partial charge in [-0.25, -0.2) is 4.79 Å². The van der Waals surface area contributed by atoms with E-state index in [0.29, 0.717) is 12.3 Å². The normalized spacial score (nSPS) is 24.6. The molecule has 0 unspecified atom stereocenters. The van der Waals surface area contributed by atoms with Crippen molar-refractivity contribution in [1.29, 1.82) is 0 Å². The highest BCUT2D eigenvalue weighted by Gasteiger charge is 2.30. The Morgan fingerprint density at radius 3 is 3.00 bits per heavy atom. The molecule has 0 radical (unpaired) electrons. The molecule has 1 amide bonds. The molecule has 0 spiro atoms. The molecule has 2 heterocycles. The fourth-order valence-corrected chi connectivity index (χ4v) is 2.22. The van der Waals surface area contributed by atoms with Crippen LogP contribution in [0.3, 0.4) is 0 Å². The molecule has 94 valence electrons. The average Bonchev–Trinajstić information content (AvgIpc) is 2.64. The molecule has 6 heteroatoms. The lowest BCUT2D eigenvalue weighted by Crippen LogP contribution is -2.44. The van der Waals surface area contributed by atoms with E-state index in [0.717, 1.165) is 12.8 Å². The minimum Gasteiger partial charge on any atom is -0.465 e. The van der Waals surface area contributed by atoms with Crippen molar-refractivity contribution in [1.82, 2.24) is 9.78 Å². The van der Waals surface area contributed by atoms with E-state index in [1.165, 1.54) is 4.90 Å². The van der Waals surface area contributed by atoms with Crippen LogP contribution in [0.1, 0.15) is 19.8 Å². The van der Waals surface area contributed by atoms with Crippen molar-refractivity contribution in [2.24, 2.45) is 7.05 Å². The molecule has 0 saturated carbocycles. The van der Waals surface area contributed by atoms with Gasteiger partial charge in [0.2, 0.25) is 0 Å². The van der Waals surface area contributed by atoms with Crippen molar-refractivity contribution >= 4 is 11.8 Å². The maximum absolute atomic E-state index is 11.4. The van der Waals surface area contributed by atoms with Gasteiger partial charge in [-0.1, -0.05) is 0 Å². The SMILES string of the molecule is C[C@@H]1C[C@@H](N(C(=O)O)c2cnn(C)c2)CCO1. The van der Waals surface area contributed by atoms with Crippen LogP contribution in [0.25, 0.3) is 0 Å². The monoisotopic (exact) mass is 239 g/mol. The van der Waals surface area contributed by atoms with Crippen LogP contribution in [0.15, 0.2) is 12.4 Å². The van der Waals surface area contributed by atoms with Crippen LogP contribution < -0.4 is 4.90 Å². The molecule has 0 aliphatic carbocycles. The molecule has 1 N–H and O–H groups in total. The summed E-state index contributed by atoms with van der Waals surface area (Å²) in [5, 5.41) is 13.3. The molecule has 1 aliphatic rings. The molecular formula is C11H17N3O3. The lowest BCUT2D eigenvalue weighted by molar-refractivity contribution is 0.0188. The van der Waals surface area contributed by atoms with Gasteiger partial charge in [0.1, 0.15) is 0 Å². The van der Waals surface area contributed by atoms with Gasteiger partial charge in [-0.05, 0) is 19.8 Å². The minimum atomic E-state index is -0.933. The fraction of sp³-hybridized carbons (Fsp3) is 0.636. The Morgan fingerprint density at radius 1 is 1.71 bits per heavy atom. The Kier molecular flexibility index (Phi) is 3.33. The summed E-state index contributed by atoms with van der Waals surface area (Å²) >= 11 is 0. The highest BCUT2D eigenvalue weighted by molar-refractivity contribution is 5.86. The molecule has 1 saturated heterocycles. The summed E-state index contributed by atoms with van der Waals surface area (Å²) in [7, 11) is 1.77. The second kappa shape index (κ2) is 4.75. The molecule has 1 aromatic heterocycles. The third-order valence-electron chi connectivity index (χ3n) is 3.00. The largest absolute Gasteiger partial charge is 0.465 e. The lowest BCUT2D eigenvalue weighted by Gasteiger charge is -2.34. The van der Waals surface area contributed by atoms with Crippen molar-refractivity contribution in [2.45, 2.75) is 31.9 Å². The van der Waals surface area contributed by atoms with Gasteiger partial charge in [0.05, 0.1) is 18.0 Å². The number of nitrogens with zero attached hydrogens (tertiary/aromatic N) is 3. The first-order valence-electron chi connectivity index (χ1n) is 5.70. The van der Waals surface area contributed by atoms with Gasteiger partial charge in [0, 0.05) is 25.9 Å². The highest BCUT2D eigenvalue weighted by atomic mass is 16.5. The van der Waals surface area contributed by atoms with E-state index in [-0.39, 0.29) is 12.1 Å². The van der Waals surface area contributed by atoms with E-state index in [9.17, 15) is 9.90 Å². The van der Waals surface area contributed by atoms with Gasteiger partial charge in [0.15, 0.2) is 0 Å². The van der Waals surface area contributed by atoms with Crippen molar-refractivity contribution in [3.05, 3.63) is 12.4 Å². The third-order valence-corrected chi connectivity index (χ3v) is 3.00. The smallest absolute Gasteiger partial charge is 0.412 e. The summed E-state index contributed by atoms with van der Waals surface area (Å²) < 4.78 is 7.04. The number of rotatable bonds is 2. The Bertz CT molecular complexity index is 404. The van der Waals surface area contributed by atoms with E-state index in [2.05, 4.69) is 5.10 Å². The second-order valence-corrected chi connectivity index (χ2v) is 4.38. The van der Waals surface area contributed by atoms with Crippen LogP contribution in [0.2, 0.25) is 0 Å². The minimum absolute atomic E-state index is 0.0274. The predicted octanol–water partition coefficient (Wildman–Crippen LogP) is 1.47. The predicted molar refractivity (Wildman–Crippen MR) is 62.1 cm³/mol. The van der Waals surface area contributed by atoms with Gasteiger partial charge < -0.3 is 9.84 Å². The van der Waals surface area contributed by atoms with E-state index in [4.69, 9.17) is 4.74 Å². The van der Waals surface area contributed by atoms with Gasteiger partial charge in [-0.2, -0.15) is 5.10 Å². The van der Waals surface area contributed by atoms with E-state index < -0.39 is 6.09 Å². The number of aromatic nitrogens is 2. The Labute approximate surface area is 99.8 Å².